The molecule has 3 fully saturated rings. The molecule has 50 heavy (non-hydrogen) atoms. The van der Waals surface area contributed by atoms with Crippen LogP contribution in [0.25, 0.3) is 12.2 Å². The molecule has 0 aliphatic carbocycles. The molecule has 14 heteroatoms. The van der Waals surface area contributed by atoms with Crippen LogP contribution in [0.1, 0.15) is 49.3 Å². The lowest BCUT2D eigenvalue weighted by Gasteiger charge is -2.34. The average Bonchev–Trinajstić information content (AvgIpc) is 3.52. The van der Waals surface area contributed by atoms with Crippen LogP contribution in [0.4, 0.5) is 0 Å². The highest BCUT2D eigenvalue weighted by Gasteiger charge is 2.33. The molecule has 5 rings (SSSR count). The van der Waals surface area contributed by atoms with Gasteiger partial charge < -0.3 is 10.2 Å². The fourth-order valence-electron chi connectivity index (χ4n) is 5.74. The summed E-state index contributed by atoms with van der Waals surface area (Å²) in [6, 6.07) is 15.9. The topological polar surface area (TPSA) is 93.3 Å². The van der Waals surface area contributed by atoms with Crippen molar-refractivity contribution in [2.45, 2.75) is 39.0 Å². The summed E-state index contributed by atoms with van der Waals surface area (Å²) in [7, 11) is 0. The number of carbonyl (C=O) groups is 4. The maximum atomic E-state index is 13.0. The van der Waals surface area contributed by atoms with Gasteiger partial charge >= 0.3 is 0 Å². The summed E-state index contributed by atoms with van der Waals surface area (Å²) < 4.78 is 1.98. The Bertz CT molecular complexity index is 1690. The number of halogens is 1. The Morgan fingerprint density at radius 1 is 0.820 bits per heavy atom. The first-order valence-electron chi connectivity index (χ1n) is 16.7. The van der Waals surface area contributed by atoms with Crippen LogP contribution in [0, 0.1) is 0 Å². The van der Waals surface area contributed by atoms with E-state index in [9.17, 15) is 19.2 Å². The Hall–Kier alpha value is -2.88. The second-order valence-electron chi connectivity index (χ2n) is 12.1. The molecule has 264 valence electrons. The van der Waals surface area contributed by atoms with Gasteiger partial charge in [0.2, 0.25) is 11.8 Å². The SMILES string of the molecule is CCc1ccc(C=C2SC(=S)N(CCCC(=O)N3CCN(CCNC(=O)CCCN4C(=O)C(=Cc5cccc(Br)c5)SC4=S)CC3)C2=O)cc1. The predicted octanol–water partition coefficient (Wildman–Crippen LogP) is 5.93. The Labute approximate surface area is 321 Å². The third-order valence-electron chi connectivity index (χ3n) is 8.61. The zero-order chi connectivity index (χ0) is 35.6. The van der Waals surface area contributed by atoms with E-state index in [1.165, 1.54) is 29.1 Å². The molecule has 0 saturated carbocycles. The fraction of sp³-hybridized carbons (Fsp3) is 0.389. The Kier molecular flexibility index (Phi) is 14.2. The Balaban J connectivity index is 0.937. The van der Waals surface area contributed by atoms with Crippen LogP contribution in [-0.4, -0.2) is 104 Å². The lowest BCUT2D eigenvalue weighted by atomic mass is 10.1. The molecular weight excluding hydrogens is 775 g/mol. The number of nitrogens with zero attached hydrogens (tertiary/aromatic N) is 4. The van der Waals surface area contributed by atoms with E-state index in [0.717, 1.165) is 35.1 Å². The van der Waals surface area contributed by atoms with Crippen LogP contribution in [0.5, 0.6) is 0 Å². The molecule has 2 aromatic rings. The molecule has 3 heterocycles. The lowest BCUT2D eigenvalue weighted by molar-refractivity contribution is -0.133. The molecule has 0 unspecified atom stereocenters. The number of aryl methyl sites for hydroxylation is 1. The number of piperazine rings is 1. The summed E-state index contributed by atoms with van der Waals surface area (Å²) >= 11 is 16.9. The largest absolute Gasteiger partial charge is 0.355 e. The van der Waals surface area contributed by atoms with E-state index in [1.54, 1.807) is 9.80 Å². The molecule has 0 atom stereocenters. The molecule has 1 N–H and O–H groups in total. The molecule has 3 aliphatic rings. The molecule has 0 bridgehead atoms. The summed E-state index contributed by atoms with van der Waals surface area (Å²) in [4.78, 5) is 59.7. The minimum atomic E-state index is -0.126. The van der Waals surface area contributed by atoms with Crippen molar-refractivity contribution in [2.75, 3.05) is 52.4 Å². The molecule has 3 saturated heterocycles. The number of amides is 4. The van der Waals surface area contributed by atoms with Gasteiger partial charge in [0.25, 0.3) is 11.8 Å². The van der Waals surface area contributed by atoms with Crippen molar-refractivity contribution in [1.82, 2.24) is 24.9 Å². The Morgan fingerprint density at radius 2 is 1.42 bits per heavy atom. The first-order valence-corrected chi connectivity index (χ1v) is 20.0. The average molecular weight is 815 g/mol. The third kappa shape index (κ3) is 10.6. The van der Waals surface area contributed by atoms with Crippen LogP contribution >= 0.6 is 63.9 Å². The van der Waals surface area contributed by atoms with Crippen LogP contribution in [0.15, 0.2) is 62.8 Å². The maximum absolute atomic E-state index is 13.0. The van der Waals surface area contributed by atoms with Gasteiger partial charge in [-0.05, 0) is 60.2 Å². The summed E-state index contributed by atoms with van der Waals surface area (Å²) in [6.45, 7) is 6.89. The molecular formula is C36H40BrN5O4S4. The molecule has 2 aromatic carbocycles. The summed E-state index contributed by atoms with van der Waals surface area (Å²) in [5, 5.41) is 2.97. The van der Waals surface area contributed by atoms with Gasteiger partial charge in [-0.1, -0.05) is 107 Å². The number of rotatable bonds is 14. The highest BCUT2D eigenvalue weighted by atomic mass is 79.9. The van der Waals surface area contributed by atoms with Gasteiger partial charge in [-0.2, -0.15) is 0 Å². The van der Waals surface area contributed by atoms with Crippen LogP contribution in [0.2, 0.25) is 0 Å². The molecule has 4 amide bonds. The highest BCUT2D eigenvalue weighted by molar-refractivity contribution is 9.10. The highest BCUT2D eigenvalue weighted by Crippen LogP contribution is 2.34. The molecule has 0 radical (unpaired) electrons. The number of carbonyl (C=O) groups excluding carboxylic acids is 4. The predicted molar refractivity (Wildman–Crippen MR) is 214 cm³/mol. The number of benzene rings is 2. The third-order valence-corrected chi connectivity index (χ3v) is 11.9. The minimum Gasteiger partial charge on any atom is -0.355 e. The van der Waals surface area contributed by atoms with Crippen molar-refractivity contribution in [1.29, 1.82) is 0 Å². The van der Waals surface area contributed by atoms with Gasteiger partial charge in [0.1, 0.15) is 8.64 Å². The van der Waals surface area contributed by atoms with Crippen molar-refractivity contribution in [3.63, 3.8) is 0 Å². The number of hydrogen-bond donors (Lipinski definition) is 1. The first kappa shape index (κ1) is 38.4. The van der Waals surface area contributed by atoms with E-state index >= 15 is 0 Å². The van der Waals surface area contributed by atoms with E-state index < -0.39 is 0 Å². The van der Waals surface area contributed by atoms with E-state index in [0.29, 0.717) is 83.4 Å². The van der Waals surface area contributed by atoms with Crippen molar-refractivity contribution >= 4 is 108 Å². The number of thioether (sulfide) groups is 2. The van der Waals surface area contributed by atoms with Gasteiger partial charge in [-0.3, -0.25) is 33.9 Å². The zero-order valence-electron chi connectivity index (χ0n) is 27.9. The molecule has 0 spiro atoms. The van der Waals surface area contributed by atoms with Crippen molar-refractivity contribution in [3.05, 3.63) is 79.5 Å². The molecule has 0 aromatic heterocycles. The summed E-state index contributed by atoms with van der Waals surface area (Å²) in [5.41, 5.74) is 3.13. The summed E-state index contributed by atoms with van der Waals surface area (Å²) in [6.07, 6.45) is 6.42. The lowest BCUT2D eigenvalue weighted by Crippen LogP contribution is -2.50. The van der Waals surface area contributed by atoms with Crippen LogP contribution in [0.3, 0.4) is 0 Å². The number of hydrogen-bond acceptors (Lipinski definition) is 9. The van der Waals surface area contributed by atoms with E-state index in [4.69, 9.17) is 24.4 Å². The van der Waals surface area contributed by atoms with Crippen molar-refractivity contribution < 1.29 is 19.2 Å². The van der Waals surface area contributed by atoms with Crippen LogP contribution < -0.4 is 5.32 Å². The molecule has 9 nitrogen and oxygen atoms in total. The minimum absolute atomic E-state index is 0.0588. The normalized spacial score (nSPS) is 18.6. The van der Waals surface area contributed by atoms with Gasteiger partial charge in [-0.25, -0.2) is 0 Å². The van der Waals surface area contributed by atoms with E-state index in [2.05, 4.69) is 45.2 Å². The maximum Gasteiger partial charge on any atom is 0.266 e. The van der Waals surface area contributed by atoms with Gasteiger partial charge in [0.15, 0.2) is 0 Å². The first-order chi connectivity index (χ1) is 24.1. The van der Waals surface area contributed by atoms with E-state index in [-0.39, 0.29) is 23.6 Å². The van der Waals surface area contributed by atoms with Crippen LogP contribution in [-0.2, 0) is 25.6 Å². The zero-order valence-corrected chi connectivity index (χ0v) is 32.8. The quantitative estimate of drug-likeness (QED) is 0.184. The van der Waals surface area contributed by atoms with Gasteiger partial charge in [0, 0.05) is 69.7 Å². The van der Waals surface area contributed by atoms with Crippen molar-refractivity contribution in [3.8, 4) is 0 Å². The monoisotopic (exact) mass is 813 g/mol. The second-order valence-corrected chi connectivity index (χ2v) is 16.4. The number of thiocarbonyl (C=S) groups is 2. The van der Waals surface area contributed by atoms with Gasteiger partial charge in [0.05, 0.1) is 9.81 Å². The van der Waals surface area contributed by atoms with E-state index in [1.807, 2.05) is 53.5 Å². The fourth-order valence-corrected chi connectivity index (χ4v) is 8.78. The second kappa shape index (κ2) is 18.6. The molecule has 3 aliphatic heterocycles. The summed E-state index contributed by atoms with van der Waals surface area (Å²) in [5.74, 6) is -0.202. The smallest absolute Gasteiger partial charge is 0.266 e. The standard InChI is InChI=1S/C36H40BrN5O4S4/c1-2-25-10-12-26(13-11-25)23-29-33(45)42(36(48)49-29)16-5-9-32(44)40-20-18-39(19-21-40)17-14-38-31(43)8-4-15-41-34(46)30(50-35(41)47)24-27-6-3-7-28(37)22-27/h3,6-7,10-13,22-24H,2,4-5,8-9,14-21H2,1H3,(H,38,43). The van der Waals surface area contributed by atoms with Crippen molar-refractivity contribution in [2.24, 2.45) is 0 Å². The van der Waals surface area contributed by atoms with Gasteiger partial charge in [-0.15, -0.1) is 0 Å². The number of nitrogens with one attached hydrogen (secondary N) is 1. The Morgan fingerprint density at radius 3 is 2.02 bits per heavy atom.